The molecule has 0 bridgehead atoms. The zero-order chi connectivity index (χ0) is 6.41. The number of rotatable bonds is 3. The van der Waals surface area contributed by atoms with Crippen molar-refractivity contribution in [3.63, 3.8) is 0 Å². The van der Waals surface area contributed by atoms with Crippen molar-refractivity contribution in [3.8, 4) is 0 Å². The summed E-state index contributed by atoms with van der Waals surface area (Å²) in [5.74, 6) is 0. The van der Waals surface area contributed by atoms with Gasteiger partial charge in [0.2, 0.25) is 0 Å². The lowest BCUT2D eigenvalue weighted by molar-refractivity contribution is 0.904. The molecule has 0 spiro atoms. The maximum atomic E-state index is 2.37. The highest BCUT2D eigenvalue weighted by molar-refractivity contribution is 14.1. The van der Waals surface area contributed by atoms with Gasteiger partial charge in [-0.25, -0.2) is 0 Å². The monoisotopic (exact) mass is 224 g/mol. The van der Waals surface area contributed by atoms with Gasteiger partial charge in [-0.1, -0.05) is 47.6 Å². The molecule has 0 aromatic carbocycles. The topological polar surface area (TPSA) is 0 Å². The molecule has 0 heterocycles. The summed E-state index contributed by atoms with van der Waals surface area (Å²) in [6.07, 6.45) is 4.83. The van der Waals surface area contributed by atoms with Gasteiger partial charge in [-0.3, -0.25) is 0 Å². The summed E-state index contributed by atoms with van der Waals surface area (Å²) in [6, 6.07) is 0. The third-order valence-electron chi connectivity index (χ3n) is 1.07. The van der Waals surface area contributed by atoms with Gasteiger partial charge in [-0.2, -0.15) is 0 Å². The highest BCUT2D eigenvalue weighted by atomic mass is 127. The molecule has 0 nitrogen and oxygen atoms in total. The van der Waals surface area contributed by atoms with Crippen molar-refractivity contribution in [2.24, 2.45) is 0 Å². The maximum Gasteiger partial charge on any atom is 0.0178 e. The molecule has 0 fully saturated rings. The zero-order valence-corrected chi connectivity index (χ0v) is 7.73. The Kier molecular flexibility index (Phi) is 5.93. The fourth-order valence-corrected chi connectivity index (χ4v) is 1.38. The van der Waals surface area contributed by atoms with E-state index in [1.165, 1.54) is 18.4 Å². The van der Waals surface area contributed by atoms with E-state index in [0.29, 0.717) is 0 Å². The first-order valence-corrected chi connectivity index (χ1v) is 4.55. The lowest BCUT2D eigenvalue weighted by Gasteiger charge is -1.92. The Morgan fingerprint density at radius 1 is 1.62 bits per heavy atom. The van der Waals surface area contributed by atoms with Crippen molar-refractivity contribution >= 4 is 22.6 Å². The molecule has 0 atom stereocenters. The summed E-state index contributed by atoms with van der Waals surface area (Å²) in [5.41, 5.74) is 1.53. The van der Waals surface area contributed by atoms with Crippen molar-refractivity contribution in [2.75, 3.05) is 4.43 Å². The fraction of sp³-hybridized carbons (Fsp3) is 0.714. The van der Waals surface area contributed by atoms with E-state index in [9.17, 15) is 0 Å². The molecule has 0 aromatic heterocycles. The molecule has 0 rings (SSSR count). The number of hydrogen-bond acceptors (Lipinski definition) is 0. The van der Waals surface area contributed by atoms with Gasteiger partial charge in [0.25, 0.3) is 0 Å². The molecular formula is C7H13I. The van der Waals surface area contributed by atoms with Crippen LogP contribution in [-0.4, -0.2) is 4.43 Å². The molecule has 0 amide bonds. The van der Waals surface area contributed by atoms with Gasteiger partial charge in [0.05, 0.1) is 0 Å². The number of hydrogen-bond donors (Lipinski definition) is 0. The highest BCUT2D eigenvalue weighted by Crippen LogP contribution is 2.02. The molecule has 0 saturated carbocycles. The number of halogens is 1. The molecule has 48 valence electrons. The molecule has 0 N–H and O–H groups in total. The van der Waals surface area contributed by atoms with Crippen molar-refractivity contribution in [3.05, 3.63) is 11.6 Å². The van der Waals surface area contributed by atoms with E-state index in [1.807, 2.05) is 0 Å². The minimum atomic E-state index is 1.16. The first kappa shape index (κ1) is 8.47. The van der Waals surface area contributed by atoms with E-state index >= 15 is 0 Å². The van der Waals surface area contributed by atoms with Crippen LogP contribution in [0.15, 0.2) is 11.6 Å². The SMILES string of the molecule is CCC/C(C)=C\CI. The van der Waals surface area contributed by atoms with Crippen LogP contribution < -0.4 is 0 Å². The Morgan fingerprint density at radius 2 is 2.25 bits per heavy atom. The summed E-state index contributed by atoms with van der Waals surface area (Å²) >= 11 is 2.37. The van der Waals surface area contributed by atoms with Crippen molar-refractivity contribution in [2.45, 2.75) is 26.7 Å². The van der Waals surface area contributed by atoms with Gasteiger partial charge in [-0.05, 0) is 13.3 Å². The predicted octanol–water partition coefficient (Wildman–Crippen LogP) is 3.17. The van der Waals surface area contributed by atoms with Gasteiger partial charge in [0.1, 0.15) is 0 Å². The Balaban J connectivity index is 3.29. The molecule has 1 heteroatoms. The van der Waals surface area contributed by atoms with E-state index in [1.54, 1.807) is 0 Å². The lowest BCUT2D eigenvalue weighted by atomic mass is 10.2. The molecule has 0 saturated heterocycles. The van der Waals surface area contributed by atoms with Gasteiger partial charge < -0.3 is 0 Å². The van der Waals surface area contributed by atoms with Gasteiger partial charge in [0, 0.05) is 4.43 Å². The van der Waals surface area contributed by atoms with Crippen LogP contribution in [0.4, 0.5) is 0 Å². The minimum Gasteiger partial charge on any atom is -0.0818 e. The molecule has 8 heavy (non-hydrogen) atoms. The second kappa shape index (κ2) is 5.60. The summed E-state index contributed by atoms with van der Waals surface area (Å²) in [7, 11) is 0. The van der Waals surface area contributed by atoms with E-state index in [-0.39, 0.29) is 0 Å². The average Bonchev–Trinajstić information content (AvgIpc) is 1.68. The highest BCUT2D eigenvalue weighted by Gasteiger charge is 1.82. The molecule has 0 aliphatic heterocycles. The van der Waals surface area contributed by atoms with Crippen LogP contribution >= 0.6 is 22.6 Å². The van der Waals surface area contributed by atoms with E-state index in [4.69, 9.17) is 0 Å². The average molecular weight is 224 g/mol. The quantitative estimate of drug-likeness (QED) is 0.392. The third kappa shape index (κ3) is 4.62. The zero-order valence-electron chi connectivity index (χ0n) is 5.58. The largest absolute Gasteiger partial charge is 0.0818 e. The lowest BCUT2D eigenvalue weighted by Crippen LogP contribution is -1.74. The second-order valence-corrected chi connectivity index (χ2v) is 2.84. The molecule has 0 unspecified atom stereocenters. The van der Waals surface area contributed by atoms with Crippen LogP contribution in [0.3, 0.4) is 0 Å². The van der Waals surface area contributed by atoms with Crippen LogP contribution in [0.1, 0.15) is 26.7 Å². The Bertz CT molecular complexity index is 74.5. The van der Waals surface area contributed by atoms with Crippen LogP contribution in [0.5, 0.6) is 0 Å². The number of alkyl halides is 1. The van der Waals surface area contributed by atoms with E-state index in [0.717, 1.165) is 4.43 Å². The Hall–Kier alpha value is 0.470. The smallest absolute Gasteiger partial charge is 0.0178 e. The van der Waals surface area contributed by atoms with Crippen molar-refractivity contribution < 1.29 is 0 Å². The van der Waals surface area contributed by atoms with Gasteiger partial charge in [-0.15, -0.1) is 0 Å². The van der Waals surface area contributed by atoms with Crippen molar-refractivity contribution in [1.82, 2.24) is 0 Å². The van der Waals surface area contributed by atoms with Crippen LogP contribution in [0.25, 0.3) is 0 Å². The molecular weight excluding hydrogens is 211 g/mol. The minimum absolute atomic E-state index is 1.16. The third-order valence-corrected chi connectivity index (χ3v) is 1.51. The maximum absolute atomic E-state index is 2.37. The molecule has 0 radical (unpaired) electrons. The summed E-state index contributed by atoms with van der Waals surface area (Å²) in [5, 5.41) is 0. The van der Waals surface area contributed by atoms with Crippen LogP contribution in [0, 0.1) is 0 Å². The molecule has 0 aliphatic rings. The number of allylic oxidation sites excluding steroid dienone is 2. The normalized spacial score (nSPS) is 12.1. The van der Waals surface area contributed by atoms with Crippen LogP contribution in [0.2, 0.25) is 0 Å². The van der Waals surface area contributed by atoms with Gasteiger partial charge >= 0.3 is 0 Å². The fourth-order valence-electron chi connectivity index (χ4n) is 0.628. The second-order valence-electron chi connectivity index (χ2n) is 1.95. The summed E-state index contributed by atoms with van der Waals surface area (Å²) < 4.78 is 1.16. The molecule has 0 aliphatic carbocycles. The standard InChI is InChI=1S/C7H13I/c1-3-4-7(2)5-6-8/h5H,3-4,6H2,1-2H3/b7-5-. The first-order valence-electron chi connectivity index (χ1n) is 3.02. The van der Waals surface area contributed by atoms with E-state index in [2.05, 4.69) is 42.5 Å². The predicted molar refractivity (Wildman–Crippen MR) is 47.6 cm³/mol. The van der Waals surface area contributed by atoms with Crippen molar-refractivity contribution in [1.29, 1.82) is 0 Å². The Morgan fingerprint density at radius 3 is 2.62 bits per heavy atom. The summed E-state index contributed by atoms with van der Waals surface area (Å²) in [4.78, 5) is 0. The Labute approximate surface area is 65.5 Å². The first-order chi connectivity index (χ1) is 3.81. The van der Waals surface area contributed by atoms with Gasteiger partial charge in [0.15, 0.2) is 0 Å². The van der Waals surface area contributed by atoms with E-state index < -0.39 is 0 Å². The summed E-state index contributed by atoms with van der Waals surface area (Å²) in [6.45, 7) is 4.41. The molecule has 0 aromatic rings. The van der Waals surface area contributed by atoms with Crippen LogP contribution in [-0.2, 0) is 0 Å².